The number of hydrogen-bond donors (Lipinski definition) is 1. The van der Waals surface area contributed by atoms with Crippen LogP contribution in [0.2, 0.25) is 0 Å². The van der Waals surface area contributed by atoms with Crippen molar-refractivity contribution in [2.75, 3.05) is 17.7 Å². The van der Waals surface area contributed by atoms with Crippen molar-refractivity contribution in [3.05, 3.63) is 84.3 Å². The molecule has 8 heteroatoms. The molecule has 0 spiro atoms. The van der Waals surface area contributed by atoms with Gasteiger partial charge in [-0.1, -0.05) is 25.1 Å². The lowest BCUT2D eigenvalue weighted by Gasteiger charge is -2.46. The number of benzene rings is 1. The quantitative estimate of drug-likeness (QED) is 0.505. The van der Waals surface area contributed by atoms with Gasteiger partial charge in [-0.25, -0.2) is 4.98 Å². The van der Waals surface area contributed by atoms with E-state index in [1.54, 1.807) is 37.8 Å². The Morgan fingerprint density at radius 2 is 1.80 bits per heavy atom. The number of carbonyl (C=O) groups is 3. The molecule has 0 unspecified atom stereocenters. The number of nitrogens with zero attached hydrogens (tertiary/aromatic N) is 4. The summed E-state index contributed by atoms with van der Waals surface area (Å²) in [7, 11) is 1.66. The van der Waals surface area contributed by atoms with Crippen LogP contribution in [0.25, 0.3) is 0 Å². The number of pyridine rings is 2. The van der Waals surface area contributed by atoms with Gasteiger partial charge < -0.3 is 10.6 Å². The maximum absolute atomic E-state index is 13.6. The highest BCUT2D eigenvalue weighted by molar-refractivity contribution is 6.12. The summed E-state index contributed by atoms with van der Waals surface area (Å²) in [4.78, 5) is 51.0. The van der Waals surface area contributed by atoms with Crippen molar-refractivity contribution in [2.45, 2.75) is 38.1 Å². The molecule has 0 radical (unpaired) electrons. The van der Waals surface area contributed by atoms with Crippen molar-refractivity contribution >= 4 is 29.2 Å². The first kappa shape index (κ1) is 24.1. The average molecular weight is 472 g/mol. The minimum atomic E-state index is -0.885. The number of para-hydroxylation sites is 1. The zero-order valence-electron chi connectivity index (χ0n) is 19.9. The number of anilines is 2. The first-order chi connectivity index (χ1) is 16.9. The molecular weight excluding hydrogens is 442 g/mol. The van der Waals surface area contributed by atoms with Crippen LogP contribution in [0, 0.1) is 5.92 Å². The summed E-state index contributed by atoms with van der Waals surface area (Å²) in [5.74, 6) is -1.36. The van der Waals surface area contributed by atoms with E-state index < -0.39 is 12.0 Å². The van der Waals surface area contributed by atoms with Crippen LogP contribution in [0.4, 0.5) is 11.5 Å². The first-order valence-electron chi connectivity index (χ1n) is 11.7. The highest BCUT2D eigenvalue weighted by Crippen LogP contribution is 2.35. The molecule has 180 valence electrons. The van der Waals surface area contributed by atoms with Gasteiger partial charge in [-0.2, -0.15) is 0 Å². The molecule has 1 aliphatic rings. The first-order valence-corrected chi connectivity index (χ1v) is 11.7. The van der Waals surface area contributed by atoms with Crippen molar-refractivity contribution in [3.8, 4) is 0 Å². The lowest BCUT2D eigenvalue weighted by molar-refractivity contribution is -0.170. The van der Waals surface area contributed by atoms with Gasteiger partial charge in [0.15, 0.2) is 0 Å². The van der Waals surface area contributed by atoms with E-state index in [2.05, 4.69) is 9.97 Å². The normalized spacial score (nSPS) is 18.0. The van der Waals surface area contributed by atoms with Crippen molar-refractivity contribution in [1.29, 1.82) is 0 Å². The Labute approximate surface area is 204 Å². The van der Waals surface area contributed by atoms with Gasteiger partial charge in [-0.15, -0.1) is 0 Å². The number of nitrogens with two attached hydrogens (primary N) is 1. The Kier molecular flexibility index (Phi) is 7.19. The smallest absolute Gasteiger partial charge is 0.250 e. The van der Waals surface area contributed by atoms with E-state index in [1.165, 1.54) is 4.90 Å². The Bertz CT molecular complexity index is 1200. The van der Waals surface area contributed by atoms with Gasteiger partial charge in [0.2, 0.25) is 11.8 Å². The second kappa shape index (κ2) is 10.5. The van der Waals surface area contributed by atoms with E-state index in [0.717, 1.165) is 22.4 Å². The largest absolute Gasteiger partial charge is 0.384 e. The van der Waals surface area contributed by atoms with Gasteiger partial charge in [0.1, 0.15) is 11.9 Å². The minimum absolute atomic E-state index is 0.0695. The Morgan fingerprint density at radius 1 is 1.09 bits per heavy atom. The van der Waals surface area contributed by atoms with Gasteiger partial charge in [0.05, 0.1) is 5.92 Å². The van der Waals surface area contributed by atoms with E-state index >= 15 is 0 Å². The molecule has 0 aliphatic carbocycles. The molecule has 3 amide bonds. The maximum atomic E-state index is 13.6. The van der Waals surface area contributed by atoms with Crippen molar-refractivity contribution in [3.63, 3.8) is 0 Å². The van der Waals surface area contributed by atoms with Crippen LogP contribution < -0.4 is 10.6 Å². The molecular formula is C27H29N5O3. The van der Waals surface area contributed by atoms with E-state index in [0.29, 0.717) is 17.9 Å². The Hall–Kier alpha value is -4.07. The van der Waals surface area contributed by atoms with E-state index in [9.17, 15) is 14.4 Å². The summed E-state index contributed by atoms with van der Waals surface area (Å²) < 4.78 is 0. The lowest BCUT2D eigenvalue weighted by Crippen LogP contribution is -2.69. The van der Waals surface area contributed by atoms with Crippen molar-refractivity contribution in [2.24, 2.45) is 5.92 Å². The monoisotopic (exact) mass is 471 g/mol. The molecule has 0 bridgehead atoms. The number of likely N-dealkylation sites (tertiary alicyclic amines) is 1. The SMILES string of the molecule is CC[C@@H](CC(=O)N1C(=O)[C@H](Cc2ccnc(N)c2)[C@H]1C(=O)N(C)c1ccccc1)c1ccncc1. The lowest BCUT2D eigenvalue weighted by atomic mass is 9.80. The molecule has 35 heavy (non-hydrogen) atoms. The van der Waals surface area contributed by atoms with Gasteiger partial charge in [-0.3, -0.25) is 24.3 Å². The number of aromatic nitrogens is 2. The number of rotatable bonds is 8. The highest BCUT2D eigenvalue weighted by Gasteiger charge is 2.55. The fraction of sp³-hybridized carbons (Fsp3) is 0.296. The number of β-lactam (4-membered cyclic amide) rings is 1. The maximum Gasteiger partial charge on any atom is 0.250 e. The van der Waals surface area contributed by atoms with E-state index in [-0.39, 0.29) is 30.1 Å². The molecule has 1 aliphatic heterocycles. The van der Waals surface area contributed by atoms with Crippen LogP contribution in [0.15, 0.2) is 73.2 Å². The molecule has 3 heterocycles. The molecule has 2 N–H and O–H groups in total. The molecule has 1 fully saturated rings. The summed E-state index contributed by atoms with van der Waals surface area (Å²) in [6, 6.07) is 15.5. The van der Waals surface area contributed by atoms with Crippen LogP contribution in [-0.4, -0.2) is 45.7 Å². The molecule has 0 saturated carbocycles. The number of amides is 3. The molecule has 8 nitrogen and oxygen atoms in total. The fourth-order valence-corrected chi connectivity index (χ4v) is 4.60. The predicted molar refractivity (Wildman–Crippen MR) is 133 cm³/mol. The summed E-state index contributed by atoms with van der Waals surface area (Å²) in [6.45, 7) is 2.00. The van der Waals surface area contributed by atoms with Crippen LogP contribution in [0.3, 0.4) is 0 Å². The molecule has 3 atom stereocenters. The summed E-state index contributed by atoms with van der Waals surface area (Å²) in [6.07, 6.45) is 6.11. The molecule has 4 rings (SSSR count). The van der Waals surface area contributed by atoms with Gasteiger partial charge in [-0.05, 0) is 66.3 Å². The minimum Gasteiger partial charge on any atom is -0.384 e. The summed E-state index contributed by atoms with van der Waals surface area (Å²) in [5, 5.41) is 0. The van der Waals surface area contributed by atoms with Crippen LogP contribution in [0.5, 0.6) is 0 Å². The zero-order chi connectivity index (χ0) is 24.9. The molecule has 2 aromatic heterocycles. The van der Waals surface area contributed by atoms with Crippen molar-refractivity contribution < 1.29 is 14.4 Å². The standard InChI is InChI=1S/C27H29N5O3/c1-3-19(20-10-12-29-13-11-20)17-24(33)32-25(27(35)31(2)21-7-5-4-6-8-21)22(26(32)34)15-18-9-14-30-23(28)16-18/h4-14,16,19,22,25H,3,15,17H2,1-2H3,(H2,28,30)/t19-,22+,25-/m0/s1. The third-order valence-electron chi connectivity index (χ3n) is 6.60. The van der Waals surface area contributed by atoms with Gasteiger partial charge in [0.25, 0.3) is 5.91 Å². The second-order valence-electron chi connectivity index (χ2n) is 8.77. The van der Waals surface area contributed by atoms with Crippen LogP contribution >= 0.6 is 0 Å². The average Bonchev–Trinajstić information content (AvgIpc) is 2.89. The zero-order valence-corrected chi connectivity index (χ0v) is 19.9. The van der Waals surface area contributed by atoms with E-state index in [1.807, 2.05) is 49.4 Å². The second-order valence-corrected chi connectivity index (χ2v) is 8.77. The molecule has 1 saturated heterocycles. The summed E-state index contributed by atoms with van der Waals surface area (Å²) >= 11 is 0. The fourth-order valence-electron chi connectivity index (χ4n) is 4.60. The highest BCUT2D eigenvalue weighted by atomic mass is 16.2. The Morgan fingerprint density at radius 3 is 2.46 bits per heavy atom. The van der Waals surface area contributed by atoms with Crippen LogP contribution in [-0.2, 0) is 20.8 Å². The summed E-state index contributed by atoms with van der Waals surface area (Å²) in [5.41, 5.74) is 8.28. The van der Waals surface area contributed by atoms with Crippen LogP contribution in [0.1, 0.15) is 36.8 Å². The molecule has 3 aromatic rings. The number of carbonyl (C=O) groups excluding carboxylic acids is 3. The van der Waals surface area contributed by atoms with Gasteiger partial charge in [0, 0.05) is 37.7 Å². The van der Waals surface area contributed by atoms with E-state index in [4.69, 9.17) is 5.73 Å². The predicted octanol–water partition coefficient (Wildman–Crippen LogP) is 3.20. The number of hydrogen-bond acceptors (Lipinski definition) is 6. The number of nitrogen functional groups attached to an aromatic ring is 1. The van der Waals surface area contributed by atoms with Crippen molar-refractivity contribution in [1.82, 2.24) is 14.9 Å². The third-order valence-corrected chi connectivity index (χ3v) is 6.60. The van der Waals surface area contributed by atoms with Gasteiger partial charge >= 0.3 is 0 Å². The molecule has 1 aromatic carbocycles. The third kappa shape index (κ3) is 5.06. The number of imide groups is 1. The Balaban J connectivity index is 1.59. The topological polar surface area (TPSA) is 109 Å². The number of likely N-dealkylation sites (N-methyl/N-ethyl adjacent to an activating group) is 1.